The molecule has 2 aromatic heterocycles. The van der Waals surface area contributed by atoms with E-state index in [1.54, 1.807) is 23.9 Å². The first-order valence-electron chi connectivity index (χ1n) is 14.8. The van der Waals surface area contributed by atoms with Crippen LogP contribution in [0.15, 0.2) is 21.8 Å². The summed E-state index contributed by atoms with van der Waals surface area (Å²) in [7, 11) is 3.89. The second-order valence-electron chi connectivity index (χ2n) is 10.9. The van der Waals surface area contributed by atoms with Crippen molar-refractivity contribution < 1.29 is 33.4 Å². The number of thiazole rings is 1. The molecule has 0 aromatic carbocycles. The molecule has 4 heterocycles. The van der Waals surface area contributed by atoms with Gasteiger partial charge in [-0.05, 0) is 43.4 Å². The summed E-state index contributed by atoms with van der Waals surface area (Å²) < 4.78 is 17.8. The summed E-state index contributed by atoms with van der Waals surface area (Å²) >= 11 is 3.96. The topological polar surface area (TPSA) is 197 Å². The molecule has 0 radical (unpaired) electrons. The fraction of sp³-hybridized carbons (Fsp3) is 0.630. The van der Waals surface area contributed by atoms with E-state index in [1.807, 2.05) is 25.9 Å². The molecular formula is C27H39N9O7S3. The number of aromatic nitrogens is 5. The number of fused-ring (bicyclic) bond motifs is 1. The molecule has 2 amide bonds. The predicted molar refractivity (Wildman–Crippen MR) is 171 cm³/mol. The third-order valence-corrected chi connectivity index (χ3v) is 10.00. The molecule has 3 N–H and O–H groups in total. The summed E-state index contributed by atoms with van der Waals surface area (Å²) in [6.07, 6.45) is -0.943. The molecule has 2 unspecified atom stereocenters. The Kier molecular flexibility index (Phi) is 12.6. The molecule has 0 saturated carbocycles. The van der Waals surface area contributed by atoms with E-state index < -0.39 is 41.6 Å². The molecule has 1 fully saturated rings. The summed E-state index contributed by atoms with van der Waals surface area (Å²) in [5.41, 5.74) is 6.83. The van der Waals surface area contributed by atoms with Crippen molar-refractivity contribution in [3.63, 3.8) is 0 Å². The van der Waals surface area contributed by atoms with Crippen LogP contribution >= 0.6 is 34.9 Å². The zero-order valence-corrected chi connectivity index (χ0v) is 28.8. The summed E-state index contributed by atoms with van der Waals surface area (Å²) in [4.78, 5) is 59.7. The summed E-state index contributed by atoms with van der Waals surface area (Å²) in [6.45, 7) is 6.69. The number of tetrazole rings is 1. The highest BCUT2D eigenvalue weighted by atomic mass is 32.2. The number of carbonyl (C=O) groups is 4. The number of nitrogens with two attached hydrogens (primary N) is 1. The number of anilines is 1. The number of nitrogens with zero attached hydrogens (tertiary/aromatic N) is 7. The molecule has 1 saturated heterocycles. The number of esters is 1. The zero-order valence-electron chi connectivity index (χ0n) is 26.3. The van der Waals surface area contributed by atoms with E-state index in [-0.39, 0.29) is 30.4 Å². The Hall–Kier alpha value is -3.42. The predicted octanol–water partition coefficient (Wildman–Crippen LogP) is 1.88. The van der Waals surface area contributed by atoms with Crippen LogP contribution in [0.3, 0.4) is 0 Å². The minimum absolute atomic E-state index is 0.0352. The molecule has 4 rings (SSSR count). The number of hydrogen-bond acceptors (Lipinski definition) is 16. The van der Waals surface area contributed by atoms with Gasteiger partial charge in [-0.2, -0.15) is 0 Å². The van der Waals surface area contributed by atoms with Crippen molar-refractivity contribution in [2.24, 2.45) is 0 Å². The van der Waals surface area contributed by atoms with Crippen LogP contribution < -0.4 is 11.1 Å². The zero-order chi connectivity index (χ0) is 33.4. The highest BCUT2D eigenvalue weighted by Gasteiger charge is 2.54. The highest BCUT2D eigenvalue weighted by Crippen LogP contribution is 2.42. The van der Waals surface area contributed by atoms with Crippen molar-refractivity contribution in [2.75, 3.05) is 37.9 Å². The Balaban J connectivity index is 1.50. The molecule has 16 nitrogen and oxygen atoms in total. The van der Waals surface area contributed by atoms with E-state index in [4.69, 9.17) is 19.9 Å². The molecular weight excluding hydrogens is 659 g/mol. The van der Waals surface area contributed by atoms with Crippen molar-refractivity contribution in [3.05, 3.63) is 22.3 Å². The lowest BCUT2D eigenvalue weighted by Crippen LogP contribution is -2.70. The Labute approximate surface area is 279 Å². The standard InChI is InChI=1S/C27H39N9O7S3/c1-6-8-15(3)41-27(40)43-19(7-2)42-24(39)21-16(13-46-26-31-32-33-35(26)10-9-34(4)5)12-44-23-20(22(38)36(21)23)30-18(37)11-17-14-45-25(28)29-17/h14-15,19-20,23H,6-13H2,1-5H3,(H2,28,29)(H,30,37)/t15?,19?,20-,23-/m1/s1. The van der Waals surface area contributed by atoms with Crippen molar-refractivity contribution in [1.82, 2.24) is 40.3 Å². The van der Waals surface area contributed by atoms with Crippen molar-refractivity contribution in [2.45, 2.75) is 82.0 Å². The molecule has 2 aromatic rings. The number of thioether (sulfide) groups is 2. The number of hydrogen-bond donors (Lipinski definition) is 2. The molecule has 4 atom stereocenters. The SMILES string of the molecule is CCCC(C)OC(=O)OC(CC)OC(=O)C1=C(CSc2nnnn2CCN(C)C)CS[C@@H]2[C@H](NC(=O)Cc3csc(N)n3)C(=O)N12. The molecule has 46 heavy (non-hydrogen) atoms. The van der Waals surface area contributed by atoms with Gasteiger partial charge in [0, 0.05) is 29.9 Å². The Morgan fingerprint density at radius 3 is 2.70 bits per heavy atom. The van der Waals surface area contributed by atoms with Crippen LogP contribution in [0.25, 0.3) is 0 Å². The van der Waals surface area contributed by atoms with Crippen LogP contribution in [0, 0.1) is 0 Å². The fourth-order valence-electron chi connectivity index (χ4n) is 4.59. The first-order chi connectivity index (χ1) is 22.0. The average molecular weight is 698 g/mol. The van der Waals surface area contributed by atoms with E-state index in [0.717, 1.165) is 13.0 Å². The maximum atomic E-state index is 13.7. The maximum absolute atomic E-state index is 13.7. The highest BCUT2D eigenvalue weighted by molar-refractivity contribution is 8.01. The van der Waals surface area contributed by atoms with Crippen LogP contribution in [0.2, 0.25) is 0 Å². The third-order valence-electron chi connectivity index (χ3n) is 6.89. The summed E-state index contributed by atoms with van der Waals surface area (Å²) in [5, 5.41) is 16.8. The second kappa shape index (κ2) is 16.4. The Morgan fingerprint density at radius 1 is 1.24 bits per heavy atom. The molecule has 0 bridgehead atoms. The van der Waals surface area contributed by atoms with Gasteiger partial charge in [0.1, 0.15) is 23.2 Å². The monoisotopic (exact) mass is 697 g/mol. The number of β-lactam (4-membered cyclic amide) rings is 1. The number of ether oxygens (including phenoxy) is 3. The number of likely N-dealkylation sites (N-methyl/N-ethyl adjacent to an activating group) is 1. The molecule has 19 heteroatoms. The Morgan fingerprint density at radius 2 is 2.02 bits per heavy atom. The lowest BCUT2D eigenvalue weighted by molar-refractivity contribution is -0.173. The van der Waals surface area contributed by atoms with Crippen LogP contribution in [0.4, 0.5) is 9.93 Å². The van der Waals surface area contributed by atoms with Gasteiger partial charge in [-0.3, -0.25) is 14.5 Å². The fourth-order valence-corrected chi connectivity index (χ4v) is 7.54. The lowest BCUT2D eigenvalue weighted by atomic mass is 10.0. The van der Waals surface area contributed by atoms with E-state index in [9.17, 15) is 19.2 Å². The largest absolute Gasteiger partial charge is 0.511 e. The van der Waals surface area contributed by atoms with Crippen molar-refractivity contribution in [1.29, 1.82) is 0 Å². The van der Waals surface area contributed by atoms with Gasteiger partial charge in [0.2, 0.25) is 11.1 Å². The molecule has 0 spiro atoms. The van der Waals surface area contributed by atoms with Crippen molar-refractivity contribution >= 4 is 63.9 Å². The average Bonchev–Trinajstić information content (AvgIpc) is 3.64. The van der Waals surface area contributed by atoms with Gasteiger partial charge in [-0.1, -0.05) is 32.0 Å². The van der Waals surface area contributed by atoms with Crippen LogP contribution in [-0.2, 0) is 41.6 Å². The quantitative estimate of drug-likeness (QED) is 0.112. The van der Waals surface area contributed by atoms with Gasteiger partial charge in [0.25, 0.3) is 12.2 Å². The molecule has 2 aliphatic rings. The van der Waals surface area contributed by atoms with Crippen LogP contribution in [0.1, 0.15) is 45.7 Å². The number of nitrogen functional groups attached to an aromatic ring is 1. The van der Waals surface area contributed by atoms with Crippen LogP contribution in [0.5, 0.6) is 0 Å². The molecule has 0 aliphatic carbocycles. The number of amides is 2. The van der Waals surface area contributed by atoms with Gasteiger partial charge >= 0.3 is 12.1 Å². The summed E-state index contributed by atoms with van der Waals surface area (Å²) in [5.74, 6) is -1.03. The first kappa shape index (κ1) is 35.4. The van der Waals surface area contributed by atoms with Crippen LogP contribution in [-0.4, -0.2) is 115 Å². The second-order valence-corrected chi connectivity index (χ2v) is 13.8. The van der Waals surface area contributed by atoms with E-state index in [2.05, 4.69) is 25.8 Å². The number of rotatable bonds is 16. The van der Waals surface area contributed by atoms with Gasteiger partial charge in [-0.25, -0.2) is 19.3 Å². The van der Waals surface area contributed by atoms with Gasteiger partial charge in [-0.15, -0.1) is 28.2 Å². The minimum atomic E-state index is -1.24. The maximum Gasteiger partial charge on any atom is 0.511 e. The van der Waals surface area contributed by atoms with E-state index in [1.165, 1.54) is 39.8 Å². The smallest absolute Gasteiger partial charge is 0.431 e. The molecule has 252 valence electrons. The lowest BCUT2D eigenvalue weighted by Gasteiger charge is -2.49. The van der Waals surface area contributed by atoms with E-state index >= 15 is 0 Å². The van der Waals surface area contributed by atoms with Gasteiger partial charge < -0.3 is 30.2 Å². The minimum Gasteiger partial charge on any atom is -0.431 e. The van der Waals surface area contributed by atoms with E-state index in [0.29, 0.717) is 40.3 Å². The Bertz CT molecular complexity index is 1430. The first-order valence-corrected chi connectivity index (χ1v) is 17.7. The van der Waals surface area contributed by atoms with Gasteiger partial charge in [0.15, 0.2) is 5.13 Å². The number of nitrogens with one attached hydrogen (secondary N) is 1. The van der Waals surface area contributed by atoms with Gasteiger partial charge in [0.05, 0.1) is 18.7 Å². The molecule has 2 aliphatic heterocycles. The normalized spacial score (nSPS) is 18.9. The third kappa shape index (κ3) is 9.10. The van der Waals surface area contributed by atoms with Crippen molar-refractivity contribution in [3.8, 4) is 0 Å². The number of carbonyl (C=O) groups excluding carboxylic acids is 4. The summed E-state index contributed by atoms with van der Waals surface area (Å²) in [6, 6.07) is -0.850.